The molecule has 3 rings (SSSR count). The van der Waals surface area contributed by atoms with Crippen LogP contribution in [0.15, 0.2) is 69.7 Å². The minimum Gasteiger partial charge on any atom is -0.340 e. The highest BCUT2D eigenvalue weighted by atomic mass is 79.9. The zero-order valence-electron chi connectivity index (χ0n) is 15.8. The Bertz CT molecular complexity index is 936. The summed E-state index contributed by atoms with van der Waals surface area (Å²) in [5, 5.41) is 7.08. The lowest BCUT2D eigenvalue weighted by atomic mass is 9.99. The first-order chi connectivity index (χ1) is 13.6. The summed E-state index contributed by atoms with van der Waals surface area (Å²) in [7, 11) is 0. The van der Waals surface area contributed by atoms with Gasteiger partial charge in [0.1, 0.15) is 6.04 Å². The maximum atomic E-state index is 12.4. The van der Waals surface area contributed by atoms with Gasteiger partial charge in [0.25, 0.3) is 0 Å². The predicted octanol–water partition coefficient (Wildman–Crippen LogP) is 5.42. The van der Waals surface area contributed by atoms with Crippen molar-refractivity contribution in [3.8, 4) is 11.4 Å². The summed E-state index contributed by atoms with van der Waals surface area (Å²) in [5.41, 5.74) is 1.82. The Morgan fingerprint density at radius 1 is 1.18 bits per heavy atom. The quantitative estimate of drug-likeness (QED) is 0.499. The maximum absolute atomic E-state index is 12.4. The molecule has 0 spiro atoms. The van der Waals surface area contributed by atoms with E-state index in [1.807, 2.05) is 54.6 Å². The molecule has 0 bridgehead atoms. The number of benzene rings is 2. The second-order valence-electron chi connectivity index (χ2n) is 6.58. The lowest BCUT2D eigenvalue weighted by Crippen LogP contribution is -2.31. The van der Waals surface area contributed by atoms with Gasteiger partial charge in [-0.1, -0.05) is 71.7 Å². The fraction of sp³-hybridized carbons (Fsp3) is 0.227. The zero-order valence-corrected chi connectivity index (χ0v) is 17.4. The molecule has 0 aliphatic carbocycles. The molecule has 0 aliphatic rings. The molecule has 3 aromatic rings. The van der Waals surface area contributed by atoms with Crippen molar-refractivity contribution in [1.29, 1.82) is 0 Å². The number of nitrogens with one attached hydrogen (secondary N) is 1. The van der Waals surface area contributed by atoms with E-state index in [1.165, 1.54) is 6.08 Å². The van der Waals surface area contributed by atoms with Crippen LogP contribution in [0.4, 0.5) is 0 Å². The number of carbonyl (C=O) groups excluding carboxylic acids is 1. The molecule has 0 fully saturated rings. The SMILES string of the molecule is CC[C@@H](C)[C@H](NC(=O)/C=C/c1ccccc1)c1nc(-c2ccc(Br)cc2)no1. The highest BCUT2D eigenvalue weighted by molar-refractivity contribution is 9.10. The van der Waals surface area contributed by atoms with Crippen LogP contribution in [0.25, 0.3) is 17.5 Å². The van der Waals surface area contributed by atoms with Crippen LogP contribution in [-0.2, 0) is 4.79 Å². The molecule has 144 valence electrons. The van der Waals surface area contributed by atoms with Crippen LogP contribution in [0.5, 0.6) is 0 Å². The summed E-state index contributed by atoms with van der Waals surface area (Å²) in [6.45, 7) is 4.12. The fourth-order valence-corrected chi connectivity index (χ4v) is 2.96. The number of rotatable bonds is 7. The molecular weight excluding hydrogens is 418 g/mol. The van der Waals surface area contributed by atoms with Crippen LogP contribution < -0.4 is 5.32 Å². The second kappa shape index (κ2) is 9.46. The molecule has 2 atom stereocenters. The van der Waals surface area contributed by atoms with Crippen LogP contribution in [0, 0.1) is 5.92 Å². The van der Waals surface area contributed by atoms with Gasteiger partial charge in [-0.05, 0) is 41.8 Å². The summed E-state index contributed by atoms with van der Waals surface area (Å²) in [6, 6.07) is 17.0. The summed E-state index contributed by atoms with van der Waals surface area (Å²) in [5.74, 6) is 0.864. The number of halogens is 1. The summed E-state index contributed by atoms with van der Waals surface area (Å²) in [6.07, 6.45) is 4.17. The first kappa shape index (κ1) is 20.0. The molecule has 2 aromatic carbocycles. The first-order valence-corrected chi connectivity index (χ1v) is 9.99. The summed E-state index contributed by atoms with van der Waals surface area (Å²) in [4.78, 5) is 17.0. The molecule has 0 aliphatic heterocycles. The summed E-state index contributed by atoms with van der Waals surface area (Å²) < 4.78 is 6.47. The number of hydrogen-bond donors (Lipinski definition) is 1. The molecule has 1 amide bonds. The Labute approximate surface area is 173 Å². The number of amides is 1. The third-order valence-corrected chi connectivity index (χ3v) is 5.08. The zero-order chi connectivity index (χ0) is 19.9. The van der Waals surface area contributed by atoms with Crippen molar-refractivity contribution >= 4 is 27.9 Å². The highest BCUT2D eigenvalue weighted by Crippen LogP contribution is 2.26. The third kappa shape index (κ3) is 5.16. The third-order valence-electron chi connectivity index (χ3n) is 4.55. The average molecular weight is 440 g/mol. The van der Waals surface area contributed by atoms with Crippen molar-refractivity contribution in [2.24, 2.45) is 5.92 Å². The molecule has 6 heteroatoms. The molecule has 5 nitrogen and oxygen atoms in total. The fourth-order valence-electron chi connectivity index (χ4n) is 2.70. The van der Waals surface area contributed by atoms with Crippen molar-refractivity contribution < 1.29 is 9.32 Å². The van der Waals surface area contributed by atoms with Crippen molar-refractivity contribution in [1.82, 2.24) is 15.5 Å². The molecule has 0 radical (unpaired) electrons. The number of carbonyl (C=O) groups is 1. The van der Waals surface area contributed by atoms with E-state index in [1.54, 1.807) is 6.08 Å². The van der Waals surface area contributed by atoms with Gasteiger partial charge >= 0.3 is 0 Å². The van der Waals surface area contributed by atoms with Gasteiger partial charge in [0.15, 0.2) is 0 Å². The standard InChI is InChI=1S/C22H22BrN3O2/c1-3-15(2)20(24-19(27)14-9-16-7-5-4-6-8-16)22-25-21(26-28-22)17-10-12-18(23)13-11-17/h4-15,20H,3H2,1-2H3,(H,24,27)/b14-9+/t15-,20+/m1/s1. The van der Waals surface area contributed by atoms with E-state index < -0.39 is 0 Å². The molecule has 0 saturated carbocycles. The largest absolute Gasteiger partial charge is 0.340 e. The van der Waals surface area contributed by atoms with Crippen molar-refractivity contribution in [2.45, 2.75) is 26.3 Å². The van der Waals surface area contributed by atoms with Gasteiger partial charge in [-0.3, -0.25) is 4.79 Å². The average Bonchev–Trinajstić information content (AvgIpc) is 3.21. The Balaban J connectivity index is 1.76. The molecule has 0 saturated heterocycles. The van der Waals surface area contributed by atoms with Gasteiger partial charge < -0.3 is 9.84 Å². The van der Waals surface area contributed by atoms with Crippen LogP contribution >= 0.6 is 15.9 Å². The van der Waals surface area contributed by atoms with E-state index in [-0.39, 0.29) is 17.9 Å². The van der Waals surface area contributed by atoms with Crippen LogP contribution in [-0.4, -0.2) is 16.0 Å². The maximum Gasteiger partial charge on any atom is 0.249 e. The van der Waals surface area contributed by atoms with Crippen LogP contribution in [0.2, 0.25) is 0 Å². The lowest BCUT2D eigenvalue weighted by Gasteiger charge is -2.19. The highest BCUT2D eigenvalue weighted by Gasteiger charge is 2.25. The Morgan fingerprint density at radius 2 is 1.89 bits per heavy atom. The monoisotopic (exact) mass is 439 g/mol. The van der Waals surface area contributed by atoms with E-state index in [2.05, 4.69) is 45.2 Å². The molecule has 1 aromatic heterocycles. The van der Waals surface area contributed by atoms with Gasteiger partial charge in [-0.15, -0.1) is 0 Å². The van der Waals surface area contributed by atoms with Gasteiger partial charge in [-0.2, -0.15) is 4.98 Å². The van der Waals surface area contributed by atoms with E-state index in [0.29, 0.717) is 11.7 Å². The number of aromatic nitrogens is 2. The Hall–Kier alpha value is -2.73. The normalized spacial score (nSPS) is 13.4. The minimum atomic E-state index is -0.352. The summed E-state index contributed by atoms with van der Waals surface area (Å²) >= 11 is 3.42. The van der Waals surface area contributed by atoms with Crippen molar-refractivity contribution in [3.63, 3.8) is 0 Å². The topological polar surface area (TPSA) is 68.0 Å². The molecule has 28 heavy (non-hydrogen) atoms. The molecule has 1 heterocycles. The van der Waals surface area contributed by atoms with Gasteiger partial charge in [0.2, 0.25) is 17.6 Å². The number of nitrogens with zero attached hydrogens (tertiary/aromatic N) is 2. The Morgan fingerprint density at radius 3 is 2.57 bits per heavy atom. The van der Waals surface area contributed by atoms with Crippen LogP contribution in [0.3, 0.4) is 0 Å². The number of hydrogen-bond acceptors (Lipinski definition) is 4. The lowest BCUT2D eigenvalue weighted by molar-refractivity contribution is -0.117. The van der Waals surface area contributed by atoms with Crippen molar-refractivity contribution in [3.05, 3.63) is 76.6 Å². The Kier molecular flexibility index (Phi) is 6.76. The minimum absolute atomic E-state index is 0.146. The van der Waals surface area contributed by atoms with Gasteiger partial charge in [-0.25, -0.2) is 0 Å². The van der Waals surface area contributed by atoms with E-state index in [0.717, 1.165) is 22.0 Å². The predicted molar refractivity (Wildman–Crippen MR) is 113 cm³/mol. The second-order valence-corrected chi connectivity index (χ2v) is 7.49. The van der Waals surface area contributed by atoms with Crippen LogP contribution in [0.1, 0.15) is 37.8 Å². The van der Waals surface area contributed by atoms with E-state index >= 15 is 0 Å². The molecule has 1 N–H and O–H groups in total. The van der Waals surface area contributed by atoms with Gasteiger partial charge in [0.05, 0.1) is 0 Å². The van der Waals surface area contributed by atoms with E-state index in [4.69, 9.17) is 4.52 Å². The first-order valence-electron chi connectivity index (χ1n) is 9.20. The van der Waals surface area contributed by atoms with Crippen molar-refractivity contribution in [2.75, 3.05) is 0 Å². The smallest absolute Gasteiger partial charge is 0.249 e. The molecule has 0 unspecified atom stereocenters. The van der Waals surface area contributed by atoms with E-state index in [9.17, 15) is 4.79 Å². The van der Waals surface area contributed by atoms with Gasteiger partial charge in [0, 0.05) is 16.1 Å². The molecular formula is C22H22BrN3O2.